The monoisotopic (exact) mass is 279 g/mol. The maximum absolute atomic E-state index is 11.8. The van der Waals surface area contributed by atoms with Crippen molar-refractivity contribution >= 4 is 29.3 Å². The number of carbonyl (C=O) groups excluding carboxylic acids is 2. The van der Waals surface area contributed by atoms with Crippen LogP contribution in [0, 0.1) is 0 Å². The molecule has 0 radical (unpaired) electrons. The Morgan fingerprint density at radius 1 is 1.32 bits per heavy atom. The highest BCUT2D eigenvalue weighted by molar-refractivity contribution is 8.00. The summed E-state index contributed by atoms with van der Waals surface area (Å²) >= 11 is 1.32. The predicted molar refractivity (Wildman–Crippen MR) is 76.0 cm³/mol. The Bertz CT molecular complexity index is 475. The van der Waals surface area contributed by atoms with E-state index in [1.165, 1.54) is 11.8 Å². The number of primary amides is 1. The van der Waals surface area contributed by atoms with Gasteiger partial charge in [0.1, 0.15) is 0 Å². The molecule has 19 heavy (non-hydrogen) atoms. The van der Waals surface area contributed by atoms with Crippen molar-refractivity contribution in [1.29, 1.82) is 0 Å². The molecular weight excluding hydrogens is 262 g/mol. The Labute approximate surface area is 116 Å². The van der Waals surface area contributed by atoms with Crippen LogP contribution < -0.4 is 16.4 Å². The van der Waals surface area contributed by atoms with E-state index in [4.69, 9.17) is 5.73 Å². The van der Waals surface area contributed by atoms with Crippen molar-refractivity contribution in [3.63, 3.8) is 0 Å². The van der Waals surface area contributed by atoms with Crippen LogP contribution in [0.2, 0.25) is 0 Å². The molecule has 0 bridgehead atoms. The van der Waals surface area contributed by atoms with Gasteiger partial charge in [-0.25, -0.2) is 0 Å². The van der Waals surface area contributed by atoms with E-state index in [2.05, 4.69) is 10.6 Å². The topological polar surface area (TPSA) is 84.2 Å². The number of nitrogens with two attached hydrogens (primary N) is 1. The van der Waals surface area contributed by atoms with E-state index in [9.17, 15) is 9.59 Å². The lowest BCUT2D eigenvalue weighted by molar-refractivity contribution is -0.116. The molecule has 0 unspecified atom stereocenters. The molecule has 4 N–H and O–H groups in total. The Morgan fingerprint density at radius 3 is 2.74 bits per heavy atom. The van der Waals surface area contributed by atoms with Gasteiger partial charge in [0.2, 0.25) is 11.8 Å². The molecule has 1 aromatic rings. The predicted octanol–water partition coefficient (Wildman–Crippen LogP) is 0.954. The molecule has 2 amide bonds. The lowest BCUT2D eigenvalue weighted by atomic mass is 10.3. The van der Waals surface area contributed by atoms with Crippen LogP contribution in [0.1, 0.15) is 12.8 Å². The van der Waals surface area contributed by atoms with Gasteiger partial charge in [0.25, 0.3) is 0 Å². The normalized spacial score (nSPS) is 14.1. The second-order valence-corrected chi connectivity index (χ2v) is 5.47. The van der Waals surface area contributed by atoms with Gasteiger partial charge >= 0.3 is 0 Å². The molecule has 0 aromatic heterocycles. The first kappa shape index (κ1) is 13.9. The van der Waals surface area contributed by atoms with Crippen molar-refractivity contribution < 1.29 is 9.59 Å². The fourth-order valence-corrected chi connectivity index (χ4v) is 2.31. The quantitative estimate of drug-likeness (QED) is 0.649. The summed E-state index contributed by atoms with van der Waals surface area (Å²) in [6.07, 6.45) is 2.30. The SMILES string of the molecule is NC(=O)CSc1ccccc1NC(=O)CNC1CC1. The van der Waals surface area contributed by atoms with Crippen LogP contribution in [0.3, 0.4) is 0 Å². The van der Waals surface area contributed by atoms with Crippen molar-refractivity contribution in [1.82, 2.24) is 5.32 Å². The molecule has 0 saturated heterocycles. The Kier molecular flexibility index (Phi) is 4.81. The van der Waals surface area contributed by atoms with Gasteiger partial charge in [-0.1, -0.05) is 12.1 Å². The van der Waals surface area contributed by atoms with Crippen molar-refractivity contribution in [2.75, 3.05) is 17.6 Å². The Hall–Kier alpha value is -1.53. The van der Waals surface area contributed by atoms with Crippen LogP contribution in [0.15, 0.2) is 29.2 Å². The van der Waals surface area contributed by atoms with Crippen molar-refractivity contribution in [2.45, 2.75) is 23.8 Å². The fraction of sp³-hybridized carbons (Fsp3) is 0.385. The summed E-state index contributed by atoms with van der Waals surface area (Å²) in [5.41, 5.74) is 5.84. The van der Waals surface area contributed by atoms with E-state index >= 15 is 0 Å². The van der Waals surface area contributed by atoms with E-state index in [1.807, 2.05) is 24.3 Å². The highest BCUT2D eigenvalue weighted by atomic mass is 32.2. The summed E-state index contributed by atoms with van der Waals surface area (Å²) < 4.78 is 0. The largest absolute Gasteiger partial charge is 0.369 e. The van der Waals surface area contributed by atoms with E-state index in [0.29, 0.717) is 12.6 Å². The molecule has 102 valence electrons. The van der Waals surface area contributed by atoms with Gasteiger partial charge < -0.3 is 16.4 Å². The average molecular weight is 279 g/mol. The van der Waals surface area contributed by atoms with Gasteiger partial charge in [0, 0.05) is 10.9 Å². The number of benzene rings is 1. The molecule has 6 heteroatoms. The molecule has 1 aliphatic rings. The molecule has 1 fully saturated rings. The van der Waals surface area contributed by atoms with Gasteiger partial charge in [-0.2, -0.15) is 0 Å². The van der Waals surface area contributed by atoms with Gasteiger partial charge in [-0.15, -0.1) is 11.8 Å². The van der Waals surface area contributed by atoms with Crippen LogP contribution >= 0.6 is 11.8 Å². The molecule has 1 aliphatic carbocycles. The third-order valence-electron chi connectivity index (χ3n) is 2.66. The number of hydrogen-bond donors (Lipinski definition) is 3. The van der Waals surface area contributed by atoms with E-state index in [1.54, 1.807) is 0 Å². The van der Waals surface area contributed by atoms with Crippen molar-refractivity contribution in [3.8, 4) is 0 Å². The summed E-state index contributed by atoms with van der Waals surface area (Å²) in [6.45, 7) is 0.319. The summed E-state index contributed by atoms with van der Waals surface area (Å²) in [6, 6.07) is 7.89. The summed E-state index contributed by atoms with van der Waals surface area (Å²) in [5.74, 6) is -0.242. The molecule has 0 atom stereocenters. The van der Waals surface area contributed by atoms with Crippen LogP contribution in [0.5, 0.6) is 0 Å². The lowest BCUT2D eigenvalue weighted by Crippen LogP contribution is -2.29. The fourth-order valence-electron chi connectivity index (χ4n) is 1.56. The van der Waals surface area contributed by atoms with Gasteiger partial charge in [0.15, 0.2) is 0 Å². The maximum Gasteiger partial charge on any atom is 0.238 e. The maximum atomic E-state index is 11.8. The highest BCUT2D eigenvalue weighted by Gasteiger charge is 2.21. The third-order valence-corrected chi connectivity index (χ3v) is 3.76. The van der Waals surface area contributed by atoms with Crippen LogP contribution in [-0.4, -0.2) is 30.2 Å². The molecule has 1 aromatic carbocycles. The van der Waals surface area contributed by atoms with E-state index < -0.39 is 0 Å². The number of nitrogens with one attached hydrogen (secondary N) is 2. The second-order valence-electron chi connectivity index (χ2n) is 4.45. The zero-order chi connectivity index (χ0) is 13.7. The number of thioether (sulfide) groups is 1. The Balaban J connectivity index is 1.89. The van der Waals surface area contributed by atoms with Crippen molar-refractivity contribution in [3.05, 3.63) is 24.3 Å². The van der Waals surface area contributed by atoms with Gasteiger partial charge in [-0.3, -0.25) is 9.59 Å². The van der Waals surface area contributed by atoms with Crippen molar-refractivity contribution in [2.24, 2.45) is 5.73 Å². The number of amides is 2. The molecule has 2 rings (SSSR count). The molecule has 0 heterocycles. The zero-order valence-corrected chi connectivity index (χ0v) is 11.3. The van der Waals surface area contributed by atoms with E-state index in [-0.39, 0.29) is 17.6 Å². The molecule has 0 aliphatic heterocycles. The van der Waals surface area contributed by atoms with E-state index in [0.717, 1.165) is 23.4 Å². The molecule has 1 saturated carbocycles. The van der Waals surface area contributed by atoms with Gasteiger partial charge in [-0.05, 0) is 25.0 Å². The smallest absolute Gasteiger partial charge is 0.238 e. The number of anilines is 1. The molecule has 0 spiro atoms. The number of carbonyl (C=O) groups is 2. The number of para-hydroxylation sites is 1. The second kappa shape index (κ2) is 6.58. The third kappa shape index (κ3) is 4.92. The minimum Gasteiger partial charge on any atom is -0.369 e. The first-order valence-corrected chi connectivity index (χ1v) is 7.17. The van der Waals surface area contributed by atoms with Crippen LogP contribution in [0.4, 0.5) is 5.69 Å². The average Bonchev–Trinajstić information content (AvgIpc) is 3.19. The first-order chi connectivity index (χ1) is 9.15. The Morgan fingerprint density at radius 2 is 2.05 bits per heavy atom. The van der Waals surface area contributed by atoms with Crippen LogP contribution in [0.25, 0.3) is 0 Å². The standard InChI is InChI=1S/C13H17N3O2S/c14-12(17)8-19-11-4-2-1-3-10(11)16-13(18)7-15-9-5-6-9/h1-4,9,15H,5-8H2,(H2,14,17)(H,16,18). The lowest BCUT2D eigenvalue weighted by Gasteiger charge is -2.10. The first-order valence-electron chi connectivity index (χ1n) is 6.18. The minimum atomic E-state index is -0.374. The number of hydrogen-bond acceptors (Lipinski definition) is 4. The summed E-state index contributed by atoms with van der Waals surface area (Å²) in [4.78, 5) is 23.4. The van der Waals surface area contributed by atoms with Gasteiger partial charge in [0.05, 0.1) is 18.0 Å². The summed E-state index contributed by atoms with van der Waals surface area (Å²) in [7, 11) is 0. The molecule has 5 nitrogen and oxygen atoms in total. The zero-order valence-electron chi connectivity index (χ0n) is 10.5. The highest BCUT2D eigenvalue weighted by Crippen LogP contribution is 2.26. The summed E-state index contributed by atoms with van der Waals surface area (Å²) in [5, 5.41) is 6.00. The number of rotatable bonds is 7. The molecular formula is C13H17N3O2S. The minimum absolute atomic E-state index is 0.0703. The van der Waals surface area contributed by atoms with Crippen LogP contribution in [-0.2, 0) is 9.59 Å².